The zero-order valence-electron chi connectivity index (χ0n) is 19.3. The van der Waals surface area contributed by atoms with Crippen molar-refractivity contribution in [3.05, 3.63) is 87.1 Å². The van der Waals surface area contributed by atoms with Crippen LogP contribution >= 0.6 is 0 Å². The molecule has 0 aliphatic rings. The lowest BCUT2D eigenvalue weighted by atomic mass is 10.0. The zero-order chi connectivity index (χ0) is 23.7. The van der Waals surface area contributed by atoms with Crippen LogP contribution in [0.2, 0.25) is 0 Å². The first-order valence-electron chi connectivity index (χ1n) is 11.0. The Labute approximate surface area is 191 Å². The minimum absolute atomic E-state index is 0.106. The SMILES string of the molecule is CCn1c(=O)c(CCC(=O)Nc2ccc(F)cc2)c(C)c2c(C)nn(-c3cccc(C)c3)c21. The van der Waals surface area contributed by atoms with Crippen LogP contribution in [0.3, 0.4) is 0 Å². The zero-order valence-corrected chi connectivity index (χ0v) is 19.3. The molecule has 0 saturated heterocycles. The molecule has 7 heteroatoms. The van der Waals surface area contributed by atoms with E-state index in [1.807, 2.05) is 56.6 Å². The van der Waals surface area contributed by atoms with E-state index in [1.54, 1.807) is 4.57 Å². The molecule has 0 fully saturated rings. The fourth-order valence-electron chi connectivity index (χ4n) is 4.30. The number of halogens is 1. The lowest BCUT2D eigenvalue weighted by Crippen LogP contribution is -2.27. The number of pyridine rings is 1. The fourth-order valence-corrected chi connectivity index (χ4v) is 4.30. The molecule has 1 N–H and O–H groups in total. The molecule has 170 valence electrons. The lowest BCUT2D eigenvalue weighted by molar-refractivity contribution is -0.116. The molecular formula is C26H27FN4O2. The molecule has 33 heavy (non-hydrogen) atoms. The number of aryl methyl sites for hydroxylation is 4. The molecule has 2 aromatic carbocycles. The monoisotopic (exact) mass is 446 g/mol. The topological polar surface area (TPSA) is 68.9 Å². The van der Waals surface area contributed by atoms with Crippen LogP contribution in [0.1, 0.15) is 35.7 Å². The van der Waals surface area contributed by atoms with Crippen LogP contribution in [-0.4, -0.2) is 20.3 Å². The Bertz CT molecular complexity index is 1400. The Morgan fingerprint density at radius 2 is 1.82 bits per heavy atom. The summed E-state index contributed by atoms with van der Waals surface area (Å²) in [6, 6.07) is 13.6. The van der Waals surface area contributed by atoms with Crippen molar-refractivity contribution in [1.29, 1.82) is 0 Å². The average Bonchev–Trinajstić information content (AvgIpc) is 3.13. The molecule has 0 radical (unpaired) electrons. The summed E-state index contributed by atoms with van der Waals surface area (Å²) in [5.41, 5.74) is 5.50. The van der Waals surface area contributed by atoms with Crippen molar-refractivity contribution >= 4 is 22.6 Å². The van der Waals surface area contributed by atoms with Crippen molar-refractivity contribution in [2.24, 2.45) is 0 Å². The number of anilines is 1. The Balaban J connectivity index is 1.71. The Hall–Kier alpha value is -3.74. The summed E-state index contributed by atoms with van der Waals surface area (Å²) < 4.78 is 16.7. The number of nitrogens with one attached hydrogen (secondary N) is 1. The number of fused-ring (bicyclic) bond motifs is 1. The standard InChI is InChI=1S/C26H27FN4O2/c1-5-30-25-24(18(4)29-31(25)21-8-6-7-16(2)15-21)17(3)22(26(30)33)13-14-23(32)28-20-11-9-19(27)10-12-20/h6-12,15H,5,13-14H2,1-4H3,(H,28,32). The number of hydrogen-bond donors (Lipinski definition) is 1. The molecule has 2 heterocycles. The molecular weight excluding hydrogens is 419 g/mol. The van der Waals surface area contributed by atoms with Crippen LogP contribution in [0.15, 0.2) is 53.3 Å². The second-order valence-corrected chi connectivity index (χ2v) is 8.24. The van der Waals surface area contributed by atoms with Crippen molar-refractivity contribution in [2.45, 2.75) is 47.1 Å². The van der Waals surface area contributed by atoms with Gasteiger partial charge in [-0.25, -0.2) is 9.07 Å². The van der Waals surface area contributed by atoms with E-state index in [2.05, 4.69) is 5.32 Å². The highest BCUT2D eigenvalue weighted by Gasteiger charge is 2.21. The van der Waals surface area contributed by atoms with E-state index in [0.29, 0.717) is 24.2 Å². The van der Waals surface area contributed by atoms with Crippen LogP contribution in [-0.2, 0) is 17.8 Å². The molecule has 6 nitrogen and oxygen atoms in total. The van der Waals surface area contributed by atoms with Crippen LogP contribution in [0.5, 0.6) is 0 Å². The van der Waals surface area contributed by atoms with Crippen LogP contribution in [0.4, 0.5) is 10.1 Å². The highest BCUT2D eigenvalue weighted by molar-refractivity contribution is 5.91. The summed E-state index contributed by atoms with van der Waals surface area (Å²) in [6.07, 6.45) is 0.455. The second-order valence-electron chi connectivity index (χ2n) is 8.24. The molecule has 0 aliphatic carbocycles. The third-order valence-electron chi connectivity index (χ3n) is 5.92. The number of benzene rings is 2. The number of carbonyl (C=O) groups excluding carboxylic acids is 1. The van der Waals surface area contributed by atoms with Gasteiger partial charge < -0.3 is 5.32 Å². The van der Waals surface area contributed by atoms with Crippen molar-refractivity contribution < 1.29 is 9.18 Å². The van der Waals surface area contributed by atoms with E-state index in [0.717, 1.165) is 33.5 Å². The minimum atomic E-state index is -0.362. The third kappa shape index (κ3) is 4.31. The Kier molecular flexibility index (Phi) is 6.14. The van der Waals surface area contributed by atoms with Gasteiger partial charge in [0.1, 0.15) is 11.5 Å². The van der Waals surface area contributed by atoms with Gasteiger partial charge in [0.2, 0.25) is 5.91 Å². The maximum Gasteiger partial charge on any atom is 0.255 e. The van der Waals surface area contributed by atoms with Crippen LogP contribution in [0, 0.1) is 26.6 Å². The molecule has 0 unspecified atom stereocenters. The largest absolute Gasteiger partial charge is 0.326 e. The number of amides is 1. The lowest BCUT2D eigenvalue weighted by Gasteiger charge is -2.15. The van der Waals surface area contributed by atoms with Gasteiger partial charge in [0.15, 0.2) is 0 Å². The number of carbonyl (C=O) groups is 1. The normalized spacial score (nSPS) is 11.2. The van der Waals surface area contributed by atoms with Gasteiger partial charge in [0.05, 0.1) is 11.4 Å². The molecule has 0 aliphatic heterocycles. The van der Waals surface area contributed by atoms with E-state index < -0.39 is 0 Å². The molecule has 0 spiro atoms. The molecule has 2 aromatic heterocycles. The number of nitrogens with zero attached hydrogens (tertiary/aromatic N) is 3. The summed E-state index contributed by atoms with van der Waals surface area (Å²) in [5.74, 6) is -0.589. The van der Waals surface area contributed by atoms with E-state index in [9.17, 15) is 14.0 Å². The van der Waals surface area contributed by atoms with Crippen LogP contribution in [0.25, 0.3) is 16.7 Å². The first kappa shape index (κ1) is 22.5. The van der Waals surface area contributed by atoms with Gasteiger partial charge in [-0.05, 0) is 81.6 Å². The maximum atomic E-state index is 13.5. The predicted molar refractivity (Wildman–Crippen MR) is 129 cm³/mol. The maximum absolute atomic E-state index is 13.5. The van der Waals surface area contributed by atoms with Gasteiger partial charge in [0.25, 0.3) is 5.56 Å². The first-order valence-corrected chi connectivity index (χ1v) is 11.0. The first-order chi connectivity index (χ1) is 15.8. The molecule has 1 amide bonds. The summed E-state index contributed by atoms with van der Waals surface area (Å²) in [4.78, 5) is 25.9. The summed E-state index contributed by atoms with van der Waals surface area (Å²) in [7, 11) is 0. The second kappa shape index (κ2) is 9.02. The van der Waals surface area contributed by atoms with Gasteiger partial charge in [0, 0.05) is 29.6 Å². The third-order valence-corrected chi connectivity index (χ3v) is 5.92. The van der Waals surface area contributed by atoms with Gasteiger partial charge in [-0.2, -0.15) is 5.10 Å². The summed E-state index contributed by atoms with van der Waals surface area (Å²) in [6.45, 7) is 8.31. The van der Waals surface area contributed by atoms with E-state index in [-0.39, 0.29) is 23.7 Å². The van der Waals surface area contributed by atoms with Gasteiger partial charge in [-0.15, -0.1) is 0 Å². The number of hydrogen-bond acceptors (Lipinski definition) is 3. The molecule has 4 aromatic rings. The molecule has 0 atom stereocenters. The highest BCUT2D eigenvalue weighted by Crippen LogP contribution is 2.26. The van der Waals surface area contributed by atoms with Crippen LogP contribution < -0.4 is 10.9 Å². The summed E-state index contributed by atoms with van der Waals surface area (Å²) >= 11 is 0. The smallest absolute Gasteiger partial charge is 0.255 e. The van der Waals surface area contributed by atoms with E-state index in [1.165, 1.54) is 24.3 Å². The molecule has 4 rings (SSSR count). The van der Waals surface area contributed by atoms with Gasteiger partial charge in [-0.1, -0.05) is 12.1 Å². The van der Waals surface area contributed by atoms with Crippen molar-refractivity contribution in [2.75, 3.05) is 5.32 Å². The van der Waals surface area contributed by atoms with Gasteiger partial charge in [-0.3, -0.25) is 14.2 Å². The molecule has 0 bridgehead atoms. The number of aromatic nitrogens is 3. The Morgan fingerprint density at radius 1 is 1.09 bits per heavy atom. The van der Waals surface area contributed by atoms with Crippen molar-refractivity contribution in [3.63, 3.8) is 0 Å². The van der Waals surface area contributed by atoms with Crippen molar-refractivity contribution in [1.82, 2.24) is 14.3 Å². The van der Waals surface area contributed by atoms with E-state index >= 15 is 0 Å². The average molecular weight is 447 g/mol. The number of rotatable bonds is 6. The van der Waals surface area contributed by atoms with Gasteiger partial charge >= 0.3 is 0 Å². The summed E-state index contributed by atoms with van der Waals surface area (Å²) in [5, 5.41) is 8.45. The Morgan fingerprint density at radius 3 is 2.48 bits per heavy atom. The minimum Gasteiger partial charge on any atom is -0.326 e. The predicted octanol–water partition coefficient (Wildman–Crippen LogP) is 4.84. The highest BCUT2D eigenvalue weighted by atomic mass is 19.1. The quantitative estimate of drug-likeness (QED) is 0.461. The molecule has 0 saturated carbocycles. The van der Waals surface area contributed by atoms with E-state index in [4.69, 9.17) is 5.10 Å². The fraction of sp³-hybridized carbons (Fsp3) is 0.269. The van der Waals surface area contributed by atoms with Crippen molar-refractivity contribution in [3.8, 4) is 5.69 Å².